The second-order valence-electron chi connectivity index (χ2n) is 3.84. The van der Waals surface area contributed by atoms with Crippen molar-refractivity contribution in [2.45, 2.75) is 5.54 Å². The highest BCUT2D eigenvalue weighted by Crippen LogP contribution is 2.28. The number of benzene rings is 2. The summed E-state index contributed by atoms with van der Waals surface area (Å²) >= 11 is 0. The normalized spacial score (nSPS) is 13.6. The number of nitrogens with zero attached hydrogens (tertiary/aromatic N) is 1. The molecule has 0 aromatic heterocycles. The average Bonchev–Trinajstić information content (AvgIpc) is 2.39. The molecule has 0 radical (unpaired) electrons. The second kappa shape index (κ2) is 4.28. The van der Waals surface area contributed by atoms with Gasteiger partial charge in [-0.25, -0.2) is 0 Å². The van der Waals surface area contributed by atoms with Gasteiger partial charge in [0.1, 0.15) is 5.75 Å². The fraction of sp³-hybridized carbons (Fsp3) is 0.0714. The molecule has 2 aromatic carbocycles. The predicted molar refractivity (Wildman–Crippen MR) is 65.1 cm³/mol. The fourth-order valence-corrected chi connectivity index (χ4v) is 1.75. The molecule has 2 rings (SSSR count). The molecule has 0 aliphatic rings. The molecule has 0 fully saturated rings. The van der Waals surface area contributed by atoms with Crippen LogP contribution in [0.25, 0.3) is 0 Å². The Morgan fingerprint density at radius 1 is 1.00 bits per heavy atom. The van der Waals surface area contributed by atoms with Crippen molar-refractivity contribution in [3.05, 3.63) is 65.7 Å². The summed E-state index contributed by atoms with van der Waals surface area (Å²) in [5.41, 5.74) is 6.18. The van der Waals surface area contributed by atoms with Gasteiger partial charge in [0, 0.05) is 0 Å². The van der Waals surface area contributed by atoms with Crippen molar-refractivity contribution < 1.29 is 5.11 Å². The lowest BCUT2D eigenvalue weighted by molar-refractivity contribution is 0.473. The van der Waals surface area contributed by atoms with Crippen molar-refractivity contribution in [3.8, 4) is 11.8 Å². The highest BCUT2D eigenvalue weighted by atomic mass is 16.3. The number of hydrogen-bond acceptors (Lipinski definition) is 3. The van der Waals surface area contributed by atoms with Crippen LogP contribution in [0.15, 0.2) is 54.6 Å². The highest BCUT2D eigenvalue weighted by Gasteiger charge is 2.29. The molecule has 3 heteroatoms. The third kappa shape index (κ3) is 1.99. The van der Waals surface area contributed by atoms with Crippen LogP contribution in [0.2, 0.25) is 0 Å². The van der Waals surface area contributed by atoms with Gasteiger partial charge in [0.25, 0.3) is 0 Å². The van der Waals surface area contributed by atoms with Gasteiger partial charge in [0.05, 0.1) is 6.07 Å². The van der Waals surface area contributed by atoms with Gasteiger partial charge < -0.3 is 10.8 Å². The van der Waals surface area contributed by atoms with Crippen LogP contribution in [0, 0.1) is 11.3 Å². The molecule has 0 aliphatic carbocycles. The second-order valence-corrected chi connectivity index (χ2v) is 3.84. The molecule has 0 saturated carbocycles. The molecule has 0 saturated heterocycles. The Morgan fingerprint density at radius 3 is 2.24 bits per heavy atom. The van der Waals surface area contributed by atoms with E-state index in [-0.39, 0.29) is 5.75 Å². The molecule has 0 bridgehead atoms. The zero-order valence-electron chi connectivity index (χ0n) is 9.17. The van der Waals surface area contributed by atoms with Crippen LogP contribution < -0.4 is 5.73 Å². The summed E-state index contributed by atoms with van der Waals surface area (Å²) < 4.78 is 0. The van der Waals surface area contributed by atoms with E-state index in [9.17, 15) is 10.4 Å². The molecule has 1 unspecified atom stereocenters. The first kappa shape index (κ1) is 11.2. The summed E-state index contributed by atoms with van der Waals surface area (Å²) in [7, 11) is 0. The fourth-order valence-electron chi connectivity index (χ4n) is 1.75. The van der Waals surface area contributed by atoms with E-state index < -0.39 is 5.54 Å². The molecule has 0 heterocycles. The van der Waals surface area contributed by atoms with Gasteiger partial charge in [-0.15, -0.1) is 0 Å². The van der Waals surface area contributed by atoms with Crippen LogP contribution in [-0.2, 0) is 5.54 Å². The minimum absolute atomic E-state index is 0.100. The Kier molecular flexibility index (Phi) is 2.82. The van der Waals surface area contributed by atoms with Crippen LogP contribution in [0.4, 0.5) is 0 Å². The molecule has 17 heavy (non-hydrogen) atoms. The summed E-state index contributed by atoms with van der Waals surface area (Å²) in [6, 6.07) is 17.7. The Labute approximate surface area is 99.7 Å². The zero-order valence-corrected chi connectivity index (χ0v) is 9.17. The van der Waals surface area contributed by atoms with Crippen molar-refractivity contribution >= 4 is 0 Å². The van der Waals surface area contributed by atoms with E-state index in [4.69, 9.17) is 5.73 Å². The predicted octanol–water partition coefficient (Wildman–Crippen LogP) is 2.12. The quantitative estimate of drug-likeness (QED) is 0.820. The first-order valence-electron chi connectivity index (χ1n) is 5.22. The summed E-state index contributed by atoms with van der Waals surface area (Å²) in [5, 5.41) is 18.8. The van der Waals surface area contributed by atoms with Crippen molar-refractivity contribution in [1.29, 1.82) is 5.26 Å². The van der Waals surface area contributed by atoms with Crippen LogP contribution in [-0.4, -0.2) is 5.11 Å². The number of rotatable bonds is 2. The molecule has 2 aromatic rings. The molecule has 0 aliphatic heterocycles. The van der Waals surface area contributed by atoms with Crippen molar-refractivity contribution in [2.75, 3.05) is 0 Å². The minimum atomic E-state index is -1.24. The molecule has 3 N–H and O–H groups in total. The number of aromatic hydroxyl groups is 1. The number of phenolic OH excluding ortho intramolecular Hbond substituents is 1. The maximum absolute atomic E-state index is 9.45. The third-order valence-corrected chi connectivity index (χ3v) is 2.71. The monoisotopic (exact) mass is 224 g/mol. The van der Waals surface area contributed by atoms with Gasteiger partial charge >= 0.3 is 0 Å². The van der Waals surface area contributed by atoms with Gasteiger partial charge in [0.2, 0.25) is 0 Å². The number of hydrogen-bond donors (Lipinski definition) is 2. The molecular weight excluding hydrogens is 212 g/mol. The third-order valence-electron chi connectivity index (χ3n) is 2.71. The molecule has 0 amide bonds. The topological polar surface area (TPSA) is 70.0 Å². The zero-order chi connectivity index (χ0) is 12.3. The van der Waals surface area contributed by atoms with Gasteiger partial charge in [-0.1, -0.05) is 42.5 Å². The van der Waals surface area contributed by atoms with Crippen LogP contribution in [0.3, 0.4) is 0 Å². The Balaban J connectivity index is 2.57. The largest absolute Gasteiger partial charge is 0.508 e. The summed E-state index contributed by atoms with van der Waals surface area (Å²) in [5.74, 6) is 0.100. The lowest BCUT2D eigenvalue weighted by Crippen LogP contribution is -2.36. The Bertz CT molecular complexity index is 560. The maximum atomic E-state index is 9.45. The summed E-state index contributed by atoms with van der Waals surface area (Å²) in [4.78, 5) is 0. The molecule has 1 atom stereocenters. The van der Waals surface area contributed by atoms with Crippen molar-refractivity contribution in [3.63, 3.8) is 0 Å². The number of nitrogens with two attached hydrogens (primary N) is 1. The summed E-state index contributed by atoms with van der Waals surface area (Å²) in [6.07, 6.45) is 0. The van der Waals surface area contributed by atoms with E-state index in [1.807, 2.05) is 18.2 Å². The van der Waals surface area contributed by atoms with Gasteiger partial charge in [-0.05, 0) is 23.3 Å². The molecule has 0 spiro atoms. The van der Waals surface area contributed by atoms with Crippen LogP contribution in [0.5, 0.6) is 5.75 Å². The van der Waals surface area contributed by atoms with E-state index in [1.165, 1.54) is 6.07 Å². The number of nitriles is 1. The molecule has 84 valence electrons. The lowest BCUT2D eigenvalue weighted by atomic mass is 9.85. The highest BCUT2D eigenvalue weighted by molar-refractivity contribution is 5.46. The van der Waals surface area contributed by atoms with E-state index in [0.717, 1.165) is 0 Å². The van der Waals surface area contributed by atoms with Gasteiger partial charge in [-0.2, -0.15) is 5.26 Å². The smallest absolute Gasteiger partial charge is 0.155 e. The van der Waals surface area contributed by atoms with Crippen molar-refractivity contribution in [2.24, 2.45) is 5.73 Å². The average molecular weight is 224 g/mol. The SMILES string of the molecule is N#CC(N)(c1ccccc1)c1cccc(O)c1. The molecular formula is C14H12N2O. The first-order chi connectivity index (χ1) is 8.16. The Hall–Kier alpha value is -2.31. The van der Waals surface area contributed by atoms with Gasteiger partial charge in [-0.3, -0.25) is 0 Å². The van der Waals surface area contributed by atoms with E-state index in [0.29, 0.717) is 11.1 Å². The first-order valence-corrected chi connectivity index (χ1v) is 5.22. The number of phenols is 1. The van der Waals surface area contributed by atoms with E-state index >= 15 is 0 Å². The standard InChI is InChI=1S/C14H12N2O/c15-10-14(16,11-5-2-1-3-6-11)12-7-4-8-13(17)9-12/h1-9,17H,16H2. The van der Waals surface area contributed by atoms with E-state index in [2.05, 4.69) is 6.07 Å². The van der Waals surface area contributed by atoms with Crippen LogP contribution >= 0.6 is 0 Å². The van der Waals surface area contributed by atoms with Crippen molar-refractivity contribution in [1.82, 2.24) is 0 Å². The van der Waals surface area contributed by atoms with E-state index in [1.54, 1.807) is 30.3 Å². The summed E-state index contributed by atoms with van der Waals surface area (Å²) in [6.45, 7) is 0. The Morgan fingerprint density at radius 2 is 1.65 bits per heavy atom. The molecule has 3 nitrogen and oxygen atoms in total. The lowest BCUT2D eigenvalue weighted by Gasteiger charge is -2.22. The van der Waals surface area contributed by atoms with Gasteiger partial charge in [0.15, 0.2) is 5.54 Å². The van der Waals surface area contributed by atoms with Crippen LogP contribution in [0.1, 0.15) is 11.1 Å². The maximum Gasteiger partial charge on any atom is 0.155 e. The minimum Gasteiger partial charge on any atom is -0.508 e.